The SMILES string of the molecule is CSCCC(NC(=O)c1ccc(C(C)(N)c2ccco2)cc1-c1ccccc1)C(=O)O.[LiH]. The normalized spacial score (nSPS) is 13.5. The molecule has 1 aromatic heterocycles. The number of amides is 1. The molecule has 0 saturated heterocycles. The van der Waals surface area contributed by atoms with Crippen LogP contribution in [0.25, 0.3) is 11.1 Å². The standard InChI is InChI=1S/C24H26N2O4S.Li.H/c1-24(25,21-9-6-13-30-21)17-10-11-18(19(15-17)16-7-4-3-5-8-16)22(27)26-20(23(28)29)12-14-31-2;;/h3-11,13,15,20H,12,14,25H2,1-2H3,(H,26,27)(H,28,29);;. The third kappa shape index (κ3) is 5.87. The van der Waals surface area contributed by atoms with Crippen LogP contribution in [0.5, 0.6) is 0 Å². The zero-order valence-electron chi connectivity index (χ0n) is 17.5. The Hall–Kier alpha value is -2.43. The summed E-state index contributed by atoms with van der Waals surface area (Å²) < 4.78 is 5.52. The summed E-state index contributed by atoms with van der Waals surface area (Å²) in [6, 6.07) is 17.4. The summed E-state index contributed by atoms with van der Waals surface area (Å²) in [4.78, 5) is 24.7. The predicted molar refractivity (Wildman–Crippen MR) is 130 cm³/mol. The van der Waals surface area contributed by atoms with E-state index in [1.807, 2.05) is 55.6 Å². The van der Waals surface area contributed by atoms with Crippen LogP contribution in [-0.2, 0) is 10.3 Å². The Morgan fingerprint density at radius 3 is 2.47 bits per heavy atom. The molecule has 1 amide bonds. The van der Waals surface area contributed by atoms with Crippen LogP contribution in [0.1, 0.15) is 35.0 Å². The van der Waals surface area contributed by atoms with Crippen molar-refractivity contribution in [3.05, 3.63) is 83.8 Å². The number of carbonyl (C=O) groups excluding carboxylic acids is 1. The summed E-state index contributed by atoms with van der Waals surface area (Å²) in [6.45, 7) is 1.85. The molecule has 2 atom stereocenters. The van der Waals surface area contributed by atoms with E-state index in [0.717, 1.165) is 11.1 Å². The topological polar surface area (TPSA) is 106 Å². The molecule has 0 aliphatic carbocycles. The third-order valence-electron chi connectivity index (χ3n) is 5.20. The van der Waals surface area contributed by atoms with E-state index in [1.165, 1.54) is 11.8 Å². The molecule has 164 valence electrons. The van der Waals surface area contributed by atoms with Crippen LogP contribution in [0.2, 0.25) is 0 Å². The van der Waals surface area contributed by atoms with Gasteiger partial charge in [0.1, 0.15) is 11.8 Å². The summed E-state index contributed by atoms with van der Waals surface area (Å²) in [5, 5.41) is 12.1. The number of hydrogen-bond donors (Lipinski definition) is 3. The number of carboxylic acids is 1. The summed E-state index contributed by atoms with van der Waals surface area (Å²) in [7, 11) is 0. The Morgan fingerprint density at radius 1 is 1.16 bits per heavy atom. The number of furan rings is 1. The van der Waals surface area contributed by atoms with Gasteiger partial charge in [-0.3, -0.25) is 4.79 Å². The second-order valence-corrected chi connectivity index (χ2v) is 8.44. The van der Waals surface area contributed by atoms with Crippen LogP contribution >= 0.6 is 11.8 Å². The molecule has 2 aromatic carbocycles. The summed E-state index contributed by atoms with van der Waals surface area (Å²) in [5.74, 6) is -0.244. The van der Waals surface area contributed by atoms with E-state index in [1.54, 1.807) is 24.5 Å². The van der Waals surface area contributed by atoms with E-state index in [-0.39, 0.29) is 18.9 Å². The Bertz CT molecular complexity index is 1040. The molecular weight excluding hydrogens is 419 g/mol. The molecule has 0 fully saturated rings. The summed E-state index contributed by atoms with van der Waals surface area (Å²) in [6.07, 6.45) is 3.82. The van der Waals surface area contributed by atoms with Crippen LogP contribution in [0.3, 0.4) is 0 Å². The number of aliphatic carboxylic acids is 1. The van der Waals surface area contributed by atoms with Crippen molar-refractivity contribution < 1.29 is 19.1 Å². The maximum absolute atomic E-state index is 13.1. The van der Waals surface area contributed by atoms with E-state index < -0.39 is 23.5 Å². The zero-order valence-corrected chi connectivity index (χ0v) is 18.3. The fraction of sp³-hybridized carbons (Fsp3) is 0.250. The van der Waals surface area contributed by atoms with Crippen molar-refractivity contribution in [3.63, 3.8) is 0 Å². The number of carboxylic acid groups (broad SMARTS) is 1. The number of thioether (sulfide) groups is 1. The van der Waals surface area contributed by atoms with Crippen molar-refractivity contribution in [3.8, 4) is 11.1 Å². The van der Waals surface area contributed by atoms with Gasteiger partial charge in [-0.15, -0.1) is 0 Å². The first-order valence-corrected chi connectivity index (χ1v) is 11.3. The fourth-order valence-corrected chi connectivity index (χ4v) is 3.84. The first-order chi connectivity index (χ1) is 14.8. The number of nitrogens with one attached hydrogen (secondary N) is 1. The van der Waals surface area contributed by atoms with Crippen LogP contribution in [0.15, 0.2) is 71.3 Å². The van der Waals surface area contributed by atoms with Crippen molar-refractivity contribution in [2.24, 2.45) is 5.73 Å². The van der Waals surface area contributed by atoms with Gasteiger partial charge in [-0.25, -0.2) is 4.79 Å². The van der Waals surface area contributed by atoms with Gasteiger partial charge in [0, 0.05) is 5.56 Å². The molecule has 2 unspecified atom stereocenters. The molecule has 6 nitrogen and oxygen atoms in total. The van der Waals surface area contributed by atoms with Gasteiger partial charge < -0.3 is 20.6 Å². The van der Waals surface area contributed by atoms with Gasteiger partial charge in [-0.2, -0.15) is 11.8 Å². The van der Waals surface area contributed by atoms with Gasteiger partial charge in [-0.05, 0) is 66.3 Å². The molecule has 8 heteroatoms. The van der Waals surface area contributed by atoms with Gasteiger partial charge >= 0.3 is 24.8 Å². The van der Waals surface area contributed by atoms with Gasteiger partial charge in [-0.1, -0.05) is 36.4 Å². The Morgan fingerprint density at radius 2 is 1.88 bits per heavy atom. The van der Waals surface area contributed by atoms with Crippen molar-refractivity contribution in [1.82, 2.24) is 5.32 Å². The molecule has 0 spiro atoms. The second kappa shape index (κ2) is 11.4. The molecule has 0 saturated carbocycles. The molecule has 0 aliphatic heterocycles. The fourth-order valence-electron chi connectivity index (χ4n) is 3.37. The van der Waals surface area contributed by atoms with Crippen molar-refractivity contribution in [2.45, 2.75) is 24.9 Å². The maximum atomic E-state index is 13.1. The number of rotatable bonds is 9. The number of nitrogens with two attached hydrogens (primary N) is 1. The zero-order chi connectivity index (χ0) is 22.4. The van der Waals surface area contributed by atoms with E-state index in [0.29, 0.717) is 29.1 Å². The van der Waals surface area contributed by atoms with Crippen LogP contribution in [0, 0.1) is 0 Å². The number of hydrogen-bond acceptors (Lipinski definition) is 5. The summed E-state index contributed by atoms with van der Waals surface area (Å²) >= 11 is 1.54. The first kappa shape index (κ1) is 25.8. The van der Waals surface area contributed by atoms with Crippen molar-refractivity contribution >= 4 is 42.5 Å². The average molecular weight is 446 g/mol. The second-order valence-electron chi connectivity index (χ2n) is 7.45. The first-order valence-electron chi connectivity index (χ1n) is 9.90. The van der Waals surface area contributed by atoms with Gasteiger partial charge in [0.25, 0.3) is 5.91 Å². The Kier molecular flexibility index (Phi) is 9.23. The van der Waals surface area contributed by atoms with Gasteiger partial charge in [0.2, 0.25) is 0 Å². The van der Waals surface area contributed by atoms with Crippen molar-refractivity contribution in [1.29, 1.82) is 0 Å². The molecule has 0 radical (unpaired) electrons. The molecule has 0 bridgehead atoms. The van der Waals surface area contributed by atoms with Gasteiger partial charge in [0.05, 0.1) is 11.8 Å². The average Bonchev–Trinajstić information content (AvgIpc) is 3.32. The summed E-state index contributed by atoms with van der Waals surface area (Å²) in [5.41, 5.74) is 8.35. The van der Waals surface area contributed by atoms with E-state index in [9.17, 15) is 14.7 Å². The molecule has 3 aromatic rings. The Balaban J connectivity index is 0.00000363. The van der Waals surface area contributed by atoms with E-state index in [4.69, 9.17) is 10.2 Å². The molecular formula is C24H27LiN2O4S. The monoisotopic (exact) mass is 446 g/mol. The molecule has 3 rings (SSSR count). The molecule has 1 heterocycles. The number of benzene rings is 2. The minimum atomic E-state index is -1.05. The van der Waals surface area contributed by atoms with Crippen LogP contribution in [0.4, 0.5) is 0 Å². The predicted octanol–water partition coefficient (Wildman–Crippen LogP) is 3.46. The molecule has 32 heavy (non-hydrogen) atoms. The van der Waals surface area contributed by atoms with Crippen LogP contribution < -0.4 is 11.1 Å². The van der Waals surface area contributed by atoms with E-state index in [2.05, 4.69) is 5.32 Å². The van der Waals surface area contributed by atoms with E-state index >= 15 is 0 Å². The van der Waals surface area contributed by atoms with Crippen LogP contribution in [-0.4, -0.2) is 53.9 Å². The molecule has 0 aliphatic rings. The van der Waals surface area contributed by atoms with Gasteiger partial charge in [0.15, 0.2) is 0 Å². The quantitative estimate of drug-likeness (QED) is 0.435. The van der Waals surface area contributed by atoms with Crippen molar-refractivity contribution in [2.75, 3.05) is 12.0 Å². The Labute approximate surface area is 204 Å². The minimum absolute atomic E-state index is 0. The third-order valence-corrected chi connectivity index (χ3v) is 5.84. The number of carbonyl (C=O) groups is 2. The molecule has 4 N–H and O–H groups in total.